The van der Waals surface area contributed by atoms with Gasteiger partial charge in [0.25, 0.3) is 0 Å². The van der Waals surface area contributed by atoms with E-state index in [1.54, 1.807) is 3.28 Å². The van der Waals surface area contributed by atoms with Gasteiger partial charge in [-0.15, -0.1) is 0 Å². The minimum Gasteiger partial charge on any atom is -1.00 e. The average molecular weight is 838 g/mol. The molecule has 0 saturated carbocycles. The van der Waals surface area contributed by atoms with Gasteiger partial charge in [0, 0.05) is 0 Å². The number of benzene rings is 4. The molecular weight excluding hydrogens is 786 g/mol. The first-order valence-corrected chi connectivity index (χ1v) is 22.5. The van der Waals surface area contributed by atoms with Gasteiger partial charge in [-0.3, -0.25) is 0 Å². The first kappa shape index (κ1) is 42.0. The van der Waals surface area contributed by atoms with Crippen LogP contribution in [0.4, 0.5) is 0 Å². The van der Waals surface area contributed by atoms with Gasteiger partial charge in [0.15, 0.2) is 0 Å². The zero-order valence-corrected chi connectivity index (χ0v) is 37.5. The third kappa shape index (κ3) is 8.50. The van der Waals surface area contributed by atoms with Gasteiger partial charge in [-0.25, -0.2) is 0 Å². The smallest absolute Gasteiger partial charge is 1.00 e. The van der Waals surface area contributed by atoms with Crippen molar-refractivity contribution in [1.29, 1.82) is 0 Å². The van der Waals surface area contributed by atoms with Gasteiger partial charge in [0.1, 0.15) is 0 Å². The summed E-state index contributed by atoms with van der Waals surface area (Å²) in [7, 11) is 0. The van der Waals surface area contributed by atoms with Crippen molar-refractivity contribution in [1.82, 2.24) is 0 Å². The van der Waals surface area contributed by atoms with E-state index in [1.807, 2.05) is 0 Å². The molecule has 0 N–H and O–H groups in total. The van der Waals surface area contributed by atoms with Crippen LogP contribution in [0.15, 0.2) is 106 Å². The van der Waals surface area contributed by atoms with Gasteiger partial charge < -0.3 is 24.8 Å². The van der Waals surface area contributed by atoms with Gasteiger partial charge in [0.2, 0.25) is 0 Å². The van der Waals surface area contributed by atoms with Crippen molar-refractivity contribution in [3.05, 3.63) is 149 Å². The summed E-state index contributed by atoms with van der Waals surface area (Å²) in [6.45, 7) is 25.9. The van der Waals surface area contributed by atoms with Gasteiger partial charge in [0.05, 0.1) is 0 Å². The van der Waals surface area contributed by atoms with Crippen LogP contribution in [-0.2, 0) is 32.1 Å². The van der Waals surface area contributed by atoms with E-state index in [0.29, 0.717) is 15.5 Å². The Bertz CT molecular complexity index is 1880. The predicted molar refractivity (Wildman–Crippen MR) is 211 cm³/mol. The average Bonchev–Trinajstić information content (AvgIpc) is 3.60. The number of fused-ring (bicyclic) bond motifs is 3. The van der Waals surface area contributed by atoms with E-state index in [0.717, 1.165) is 10.0 Å². The van der Waals surface area contributed by atoms with Crippen molar-refractivity contribution in [2.24, 2.45) is 17.3 Å². The molecule has 0 aromatic heterocycles. The summed E-state index contributed by atoms with van der Waals surface area (Å²) in [5, 5.41) is 1.53. The van der Waals surface area contributed by atoms with E-state index in [4.69, 9.17) is 23.2 Å². The number of allylic oxidation sites excluding steroid dienone is 4. The molecule has 268 valence electrons. The van der Waals surface area contributed by atoms with Gasteiger partial charge >= 0.3 is 316 Å². The molecule has 0 amide bonds. The molecule has 0 heterocycles. The van der Waals surface area contributed by atoms with Gasteiger partial charge in [-0.1, -0.05) is 0 Å². The summed E-state index contributed by atoms with van der Waals surface area (Å²) in [6.07, 6.45) is 5.26. The van der Waals surface area contributed by atoms with Crippen LogP contribution in [0.2, 0.25) is 10.0 Å². The van der Waals surface area contributed by atoms with Crippen LogP contribution < -0.4 is 24.8 Å². The Morgan fingerprint density at radius 2 is 1.00 bits per heavy atom. The Kier molecular flexibility index (Phi) is 12.8. The van der Waals surface area contributed by atoms with Crippen LogP contribution in [0.25, 0.3) is 11.1 Å². The molecule has 0 fully saturated rings. The molecular formula is C46H52Cl4Zr. The Morgan fingerprint density at radius 3 is 1.35 bits per heavy atom. The summed E-state index contributed by atoms with van der Waals surface area (Å²) < 4.78 is 3.52. The second-order valence-corrected chi connectivity index (χ2v) is 24.6. The molecule has 5 heteroatoms. The van der Waals surface area contributed by atoms with Crippen molar-refractivity contribution < 1.29 is 46.1 Å². The quantitative estimate of drug-likeness (QED) is 0.194. The normalized spacial score (nSPS) is 15.6. The Morgan fingerprint density at radius 1 is 0.588 bits per heavy atom. The van der Waals surface area contributed by atoms with Crippen LogP contribution in [0.5, 0.6) is 0 Å². The minimum absolute atomic E-state index is 0. The summed E-state index contributed by atoms with van der Waals surface area (Å²) in [4.78, 5) is 0. The van der Waals surface area contributed by atoms with Crippen molar-refractivity contribution in [3.8, 4) is 11.1 Å². The van der Waals surface area contributed by atoms with E-state index < -0.39 is 21.3 Å². The van der Waals surface area contributed by atoms with Crippen molar-refractivity contribution in [3.63, 3.8) is 0 Å². The van der Waals surface area contributed by atoms with Crippen LogP contribution in [0.1, 0.15) is 113 Å². The number of rotatable bonds is 5. The van der Waals surface area contributed by atoms with E-state index in [-0.39, 0.29) is 41.1 Å². The summed E-state index contributed by atoms with van der Waals surface area (Å²) in [5.41, 5.74) is 12.8. The summed E-state index contributed by atoms with van der Waals surface area (Å²) >= 11 is 10.1. The fourth-order valence-electron chi connectivity index (χ4n) is 7.53. The first-order chi connectivity index (χ1) is 22.8. The molecule has 2 aliphatic carbocycles. The van der Waals surface area contributed by atoms with Crippen LogP contribution in [-0.4, -0.2) is 3.21 Å². The summed E-state index contributed by atoms with van der Waals surface area (Å²) in [5.74, 6) is 0.888. The fourth-order valence-corrected chi connectivity index (χ4v) is 17.8. The maximum absolute atomic E-state index is 6.56. The standard InChI is InChI=1S/C21H25.C13H8Cl2.C12H19.2ClH.Zr/c1-20(2,3)16-9-7-14-11-15-8-10-17(21(4,5)6)13-19(15)18(14)12-16;14-12-5-1-10(2-6-12)9-11-3-7-13(15)8-4-11;1-9(2)10-6-7-11(8-10)12(3,4)5;;;/h7-13H,1-6H3;1-8H;7-10H,1-5H3;2*1H;/q;;;;;+2/p-2. The van der Waals surface area contributed by atoms with Crippen molar-refractivity contribution in [2.45, 2.75) is 90.6 Å². The van der Waals surface area contributed by atoms with Crippen LogP contribution in [0.3, 0.4) is 0 Å². The predicted octanol–water partition coefficient (Wildman–Crippen LogP) is 7.70. The Hall–Kier alpha value is -1.73. The second kappa shape index (κ2) is 15.6. The Balaban J connectivity index is 0.00000292. The van der Waals surface area contributed by atoms with Crippen LogP contribution in [0, 0.1) is 17.3 Å². The molecule has 0 radical (unpaired) electrons. The maximum Gasteiger partial charge on any atom is -1.00 e. The van der Waals surface area contributed by atoms with Crippen molar-refractivity contribution >= 4 is 26.4 Å². The molecule has 4 aromatic rings. The minimum atomic E-state index is -3.02. The largest absolute Gasteiger partial charge is 1.00 e. The molecule has 0 nitrogen and oxygen atoms in total. The number of halogens is 4. The first-order valence-electron chi connectivity index (χ1n) is 17.8. The second-order valence-electron chi connectivity index (χ2n) is 17.6. The Labute approximate surface area is 338 Å². The molecule has 0 bridgehead atoms. The van der Waals surface area contributed by atoms with E-state index in [9.17, 15) is 0 Å². The third-order valence-corrected chi connectivity index (χ3v) is 19.4. The van der Waals surface area contributed by atoms with Crippen LogP contribution >= 0.6 is 23.2 Å². The monoisotopic (exact) mass is 834 g/mol. The molecule has 2 aliphatic rings. The summed E-state index contributed by atoms with van der Waals surface area (Å²) in [6, 6.07) is 32.2. The topological polar surface area (TPSA) is 0 Å². The zero-order valence-electron chi connectivity index (χ0n) is 32.0. The number of hydrogen-bond donors (Lipinski definition) is 0. The molecule has 0 aliphatic heterocycles. The third-order valence-electron chi connectivity index (χ3n) is 10.5. The molecule has 1 atom stereocenters. The van der Waals surface area contributed by atoms with Gasteiger partial charge in [-0.2, -0.15) is 0 Å². The molecule has 0 saturated heterocycles. The SMILES string of the molecule is CC(C)C1C=C(C(C)(C)C)C=[C]1[Zr+2](=[C](c1ccc(Cl)cc1)c1ccc(Cl)cc1)[CH]1c2ccc(C(C)(C)C)cc2-c2cc(C(C)(C)C)ccc21.[Cl-].[Cl-]. The molecule has 0 spiro atoms. The van der Waals surface area contributed by atoms with Gasteiger partial charge in [-0.05, 0) is 0 Å². The maximum atomic E-state index is 6.56. The van der Waals surface area contributed by atoms with E-state index in [1.165, 1.54) is 53.3 Å². The fraction of sp³-hybridized carbons (Fsp3) is 0.370. The number of hydrogen-bond acceptors (Lipinski definition) is 0. The van der Waals surface area contributed by atoms with E-state index >= 15 is 0 Å². The molecule has 1 unspecified atom stereocenters. The molecule has 6 rings (SSSR count). The van der Waals surface area contributed by atoms with E-state index in [2.05, 4.69) is 173 Å². The molecule has 4 aromatic carbocycles. The van der Waals surface area contributed by atoms with Crippen molar-refractivity contribution in [2.75, 3.05) is 0 Å². The molecule has 51 heavy (non-hydrogen) atoms. The zero-order chi connectivity index (χ0) is 35.6.